The van der Waals surface area contributed by atoms with Gasteiger partial charge >= 0.3 is 11.5 Å². The summed E-state index contributed by atoms with van der Waals surface area (Å²) >= 11 is -0.0507. The van der Waals surface area contributed by atoms with Gasteiger partial charge in [0.1, 0.15) is 0 Å². The summed E-state index contributed by atoms with van der Waals surface area (Å²) in [7, 11) is 0. The Kier molecular flexibility index (Phi) is 5.16. The van der Waals surface area contributed by atoms with E-state index in [2.05, 4.69) is 0 Å². The molecule has 0 bridgehead atoms. The highest BCUT2D eigenvalue weighted by Gasteiger charge is 2.34. The van der Waals surface area contributed by atoms with Crippen LogP contribution in [0.5, 0.6) is 0 Å². The van der Waals surface area contributed by atoms with Gasteiger partial charge in [0.2, 0.25) is 0 Å². The van der Waals surface area contributed by atoms with Gasteiger partial charge < -0.3 is 5.11 Å². The van der Waals surface area contributed by atoms with Gasteiger partial charge in [-0.3, -0.25) is 4.79 Å². The van der Waals surface area contributed by atoms with E-state index in [1.165, 1.54) is 0 Å². The Morgan fingerprint density at radius 3 is 2.59 bits per heavy atom. The molecule has 100 valence electrons. The zero-order valence-electron chi connectivity index (χ0n) is 9.67. The third-order valence-corrected chi connectivity index (χ3v) is 4.08. The van der Waals surface area contributed by atoms with E-state index in [0.717, 1.165) is 12.8 Å². The SMILES string of the molecule is CC1CCC(C(=O)O)C(CCSC(F)(F)F)C1. The van der Waals surface area contributed by atoms with Crippen LogP contribution < -0.4 is 0 Å². The molecule has 3 atom stereocenters. The van der Waals surface area contributed by atoms with Crippen molar-refractivity contribution >= 4 is 17.7 Å². The molecule has 1 aliphatic carbocycles. The minimum atomic E-state index is -4.21. The van der Waals surface area contributed by atoms with E-state index in [1.807, 2.05) is 6.92 Å². The third kappa shape index (κ3) is 5.19. The van der Waals surface area contributed by atoms with E-state index in [-0.39, 0.29) is 23.4 Å². The van der Waals surface area contributed by atoms with Crippen molar-refractivity contribution < 1.29 is 23.1 Å². The van der Waals surface area contributed by atoms with Crippen molar-refractivity contribution in [2.75, 3.05) is 5.75 Å². The lowest BCUT2D eigenvalue weighted by Gasteiger charge is -2.32. The van der Waals surface area contributed by atoms with Crippen LogP contribution in [0.3, 0.4) is 0 Å². The highest BCUT2D eigenvalue weighted by atomic mass is 32.2. The molecule has 0 radical (unpaired) electrons. The van der Waals surface area contributed by atoms with Crippen LogP contribution in [0.4, 0.5) is 13.2 Å². The second-order valence-electron chi connectivity index (χ2n) is 4.71. The normalized spacial score (nSPS) is 30.2. The lowest BCUT2D eigenvalue weighted by Crippen LogP contribution is -2.30. The molecule has 1 N–H and O–H groups in total. The smallest absolute Gasteiger partial charge is 0.441 e. The molecule has 2 nitrogen and oxygen atoms in total. The van der Waals surface area contributed by atoms with Gasteiger partial charge in [0.25, 0.3) is 0 Å². The number of hydrogen-bond donors (Lipinski definition) is 1. The molecule has 6 heteroatoms. The maximum atomic E-state index is 12.0. The standard InChI is InChI=1S/C11H17F3O2S/c1-7-2-3-9(10(15)16)8(6-7)4-5-17-11(12,13)14/h7-9H,2-6H2,1H3,(H,15,16). The predicted octanol–water partition coefficient (Wildman–Crippen LogP) is 3.77. The monoisotopic (exact) mass is 270 g/mol. The molecule has 0 aromatic carbocycles. The average molecular weight is 270 g/mol. The summed E-state index contributed by atoms with van der Waals surface area (Å²) in [6.45, 7) is 2.03. The zero-order chi connectivity index (χ0) is 13.1. The van der Waals surface area contributed by atoms with Crippen molar-refractivity contribution in [3.63, 3.8) is 0 Å². The fourth-order valence-corrected chi connectivity index (χ4v) is 3.12. The van der Waals surface area contributed by atoms with Gasteiger partial charge in [0, 0.05) is 5.75 Å². The Balaban J connectivity index is 2.44. The number of carbonyl (C=O) groups is 1. The number of halogens is 3. The summed E-state index contributed by atoms with van der Waals surface area (Å²) in [6, 6.07) is 0. The molecule has 0 amide bonds. The van der Waals surface area contributed by atoms with Crippen LogP contribution in [0.15, 0.2) is 0 Å². The van der Waals surface area contributed by atoms with Gasteiger partial charge in [0.05, 0.1) is 5.92 Å². The first-order chi connectivity index (χ1) is 7.79. The second-order valence-corrected chi connectivity index (χ2v) is 5.87. The molecule has 1 rings (SSSR count). The van der Waals surface area contributed by atoms with Gasteiger partial charge in [-0.15, -0.1) is 0 Å². The number of carboxylic acid groups (broad SMARTS) is 1. The number of rotatable bonds is 4. The first-order valence-corrected chi connectivity index (χ1v) is 6.71. The minimum Gasteiger partial charge on any atom is -0.481 e. The van der Waals surface area contributed by atoms with Crippen LogP contribution in [0, 0.1) is 17.8 Å². The van der Waals surface area contributed by atoms with Crippen LogP contribution in [-0.2, 0) is 4.79 Å². The van der Waals surface area contributed by atoms with Gasteiger partial charge in [-0.05, 0) is 37.5 Å². The number of aliphatic carboxylic acids is 1. The van der Waals surface area contributed by atoms with Gasteiger partial charge in [-0.1, -0.05) is 18.7 Å². The number of hydrogen-bond acceptors (Lipinski definition) is 2. The lowest BCUT2D eigenvalue weighted by molar-refractivity contribution is -0.145. The Bertz CT molecular complexity index is 268. The maximum Gasteiger partial charge on any atom is 0.441 e. The maximum absolute atomic E-state index is 12.0. The summed E-state index contributed by atoms with van der Waals surface area (Å²) < 4.78 is 36.0. The molecule has 0 aromatic rings. The van der Waals surface area contributed by atoms with Gasteiger partial charge in [-0.25, -0.2) is 0 Å². The van der Waals surface area contributed by atoms with Crippen molar-refractivity contribution in [3.05, 3.63) is 0 Å². The molecule has 0 aliphatic heterocycles. The summed E-state index contributed by atoms with van der Waals surface area (Å²) in [5.74, 6) is -1.04. The summed E-state index contributed by atoms with van der Waals surface area (Å²) in [5.41, 5.74) is -4.21. The Labute approximate surface area is 103 Å². The summed E-state index contributed by atoms with van der Waals surface area (Å²) in [5, 5.41) is 9.03. The van der Waals surface area contributed by atoms with Crippen molar-refractivity contribution in [3.8, 4) is 0 Å². The van der Waals surface area contributed by atoms with E-state index in [4.69, 9.17) is 5.11 Å². The van der Waals surface area contributed by atoms with Crippen LogP contribution in [0.1, 0.15) is 32.6 Å². The van der Waals surface area contributed by atoms with E-state index in [0.29, 0.717) is 18.8 Å². The van der Waals surface area contributed by atoms with Crippen LogP contribution in [-0.4, -0.2) is 22.3 Å². The molecular formula is C11H17F3O2S. The Hall–Kier alpha value is -0.390. The average Bonchev–Trinajstić information content (AvgIpc) is 2.15. The quantitative estimate of drug-likeness (QED) is 0.845. The highest BCUT2D eigenvalue weighted by Crippen LogP contribution is 2.38. The molecular weight excluding hydrogens is 253 g/mol. The molecule has 17 heavy (non-hydrogen) atoms. The zero-order valence-corrected chi connectivity index (χ0v) is 10.5. The number of thioether (sulfide) groups is 1. The minimum absolute atomic E-state index is 0.0370. The summed E-state index contributed by atoms with van der Waals surface area (Å²) in [4.78, 5) is 11.0. The molecule has 3 unspecified atom stereocenters. The molecule has 1 fully saturated rings. The fraction of sp³-hybridized carbons (Fsp3) is 0.909. The Morgan fingerprint density at radius 2 is 2.06 bits per heavy atom. The number of carboxylic acids is 1. The van der Waals surface area contributed by atoms with Gasteiger partial charge in [0.15, 0.2) is 0 Å². The van der Waals surface area contributed by atoms with E-state index >= 15 is 0 Å². The lowest BCUT2D eigenvalue weighted by atomic mass is 9.73. The van der Waals surface area contributed by atoms with Crippen LogP contribution in [0.25, 0.3) is 0 Å². The second kappa shape index (κ2) is 5.98. The molecule has 0 heterocycles. The molecule has 0 saturated heterocycles. The van der Waals surface area contributed by atoms with Crippen molar-refractivity contribution in [1.29, 1.82) is 0 Å². The van der Waals surface area contributed by atoms with Crippen LogP contribution >= 0.6 is 11.8 Å². The van der Waals surface area contributed by atoms with E-state index in [1.54, 1.807) is 0 Å². The number of alkyl halides is 3. The fourth-order valence-electron chi connectivity index (χ4n) is 2.47. The summed E-state index contributed by atoms with van der Waals surface area (Å²) in [6.07, 6.45) is 2.53. The molecule has 1 aliphatic rings. The molecule has 0 aromatic heterocycles. The third-order valence-electron chi connectivity index (χ3n) is 3.32. The van der Waals surface area contributed by atoms with E-state index < -0.39 is 17.4 Å². The molecule has 0 spiro atoms. The van der Waals surface area contributed by atoms with Crippen molar-refractivity contribution in [2.45, 2.75) is 38.1 Å². The largest absolute Gasteiger partial charge is 0.481 e. The van der Waals surface area contributed by atoms with Gasteiger partial charge in [-0.2, -0.15) is 13.2 Å². The van der Waals surface area contributed by atoms with Crippen LogP contribution in [0.2, 0.25) is 0 Å². The topological polar surface area (TPSA) is 37.3 Å². The first kappa shape index (κ1) is 14.7. The highest BCUT2D eigenvalue weighted by molar-refractivity contribution is 8.00. The molecule has 1 saturated carbocycles. The van der Waals surface area contributed by atoms with E-state index in [9.17, 15) is 18.0 Å². The van der Waals surface area contributed by atoms with Crippen molar-refractivity contribution in [1.82, 2.24) is 0 Å². The Morgan fingerprint density at radius 1 is 1.41 bits per heavy atom. The predicted molar refractivity (Wildman–Crippen MR) is 60.8 cm³/mol. The first-order valence-electron chi connectivity index (χ1n) is 5.73. The van der Waals surface area contributed by atoms with Crippen molar-refractivity contribution in [2.24, 2.45) is 17.8 Å².